The van der Waals surface area contributed by atoms with E-state index in [1.807, 2.05) is 6.92 Å². The Balaban J connectivity index is 2.31. The number of hydrogen-bond donors (Lipinski definition) is 2. The summed E-state index contributed by atoms with van der Waals surface area (Å²) in [6.45, 7) is 4.17. The van der Waals surface area contributed by atoms with Crippen molar-refractivity contribution >= 4 is 5.97 Å². The number of carboxylic acid groups (broad SMARTS) is 1. The molecular formula is C10H19NO3. The minimum Gasteiger partial charge on any atom is -0.481 e. The van der Waals surface area contributed by atoms with E-state index in [-0.39, 0.29) is 6.42 Å². The van der Waals surface area contributed by atoms with E-state index in [0.29, 0.717) is 6.54 Å². The summed E-state index contributed by atoms with van der Waals surface area (Å²) in [4.78, 5) is 12.5. The smallest absolute Gasteiger partial charge is 0.304 e. The van der Waals surface area contributed by atoms with Crippen molar-refractivity contribution in [2.75, 3.05) is 19.6 Å². The molecule has 0 aromatic rings. The third-order valence-corrected chi connectivity index (χ3v) is 2.80. The maximum absolute atomic E-state index is 10.4. The molecule has 1 atom stereocenters. The normalized spacial score (nSPS) is 29.9. The lowest BCUT2D eigenvalue weighted by Gasteiger charge is -2.21. The lowest BCUT2D eigenvalue weighted by Crippen LogP contribution is -2.30. The van der Waals surface area contributed by atoms with E-state index < -0.39 is 11.6 Å². The van der Waals surface area contributed by atoms with Crippen LogP contribution in [0.3, 0.4) is 0 Å². The molecule has 0 aromatic heterocycles. The van der Waals surface area contributed by atoms with Crippen molar-refractivity contribution in [2.45, 2.75) is 38.2 Å². The number of aliphatic hydroxyl groups is 1. The Bertz CT molecular complexity index is 204. The summed E-state index contributed by atoms with van der Waals surface area (Å²) in [5, 5.41) is 18.3. The van der Waals surface area contributed by atoms with Gasteiger partial charge in [-0.2, -0.15) is 0 Å². The second-order valence-corrected chi connectivity index (χ2v) is 4.34. The van der Waals surface area contributed by atoms with Gasteiger partial charge in [0.2, 0.25) is 0 Å². The zero-order chi connectivity index (χ0) is 10.6. The molecule has 0 radical (unpaired) electrons. The van der Waals surface area contributed by atoms with Crippen LogP contribution in [0.4, 0.5) is 0 Å². The molecule has 0 aliphatic carbocycles. The van der Waals surface area contributed by atoms with Gasteiger partial charge < -0.3 is 15.1 Å². The fourth-order valence-corrected chi connectivity index (χ4v) is 1.80. The molecule has 4 heteroatoms. The van der Waals surface area contributed by atoms with Gasteiger partial charge in [0.05, 0.1) is 12.0 Å². The molecule has 1 aliphatic heterocycles. The Morgan fingerprint density at radius 3 is 2.79 bits per heavy atom. The zero-order valence-electron chi connectivity index (χ0n) is 8.70. The highest BCUT2D eigenvalue weighted by atomic mass is 16.4. The molecule has 1 fully saturated rings. The highest BCUT2D eigenvalue weighted by molar-refractivity contribution is 5.66. The summed E-state index contributed by atoms with van der Waals surface area (Å²) in [5.74, 6) is -0.749. The number of likely N-dealkylation sites (tertiary alicyclic amines) is 1. The Hall–Kier alpha value is -0.610. The number of hydrogen-bond acceptors (Lipinski definition) is 3. The summed E-state index contributed by atoms with van der Waals surface area (Å²) in [6, 6.07) is 0. The molecule has 0 spiro atoms. The molecule has 1 saturated heterocycles. The van der Waals surface area contributed by atoms with Crippen LogP contribution in [0, 0.1) is 0 Å². The fourth-order valence-electron chi connectivity index (χ4n) is 1.80. The first-order valence-corrected chi connectivity index (χ1v) is 5.16. The fraction of sp³-hybridized carbons (Fsp3) is 0.900. The topological polar surface area (TPSA) is 60.8 Å². The Morgan fingerprint density at radius 2 is 2.14 bits per heavy atom. The van der Waals surface area contributed by atoms with Crippen molar-refractivity contribution in [1.82, 2.24) is 4.90 Å². The summed E-state index contributed by atoms with van der Waals surface area (Å²) < 4.78 is 0. The minimum absolute atomic E-state index is 0.197. The maximum Gasteiger partial charge on any atom is 0.304 e. The predicted octanol–water partition coefficient (Wildman–Crippen LogP) is 0.698. The first kappa shape index (κ1) is 11.5. The summed E-state index contributed by atoms with van der Waals surface area (Å²) in [5.41, 5.74) is -0.558. The van der Waals surface area contributed by atoms with Crippen LogP contribution in [0.15, 0.2) is 0 Å². The standard InChI is InChI=1S/C10H19NO3/c1-10(14)4-2-6-11(8-5-10)7-3-9(12)13/h14H,2-8H2,1H3,(H,12,13). The molecule has 0 saturated carbocycles. The molecule has 0 aromatic carbocycles. The molecule has 1 unspecified atom stereocenters. The second-order valence-electron chi connectivity index (χ2n) is 4.34. The lowest BCUT2D eigenvalue weighted by atomic mass is 9.98. The van der Waals surface area contributed by atoms with Crippen LogP contribution in [0.1, 0.15) is 32.6 Å². The van der Waals surface area contributed by atoms with E-state index in [9.17, 15) is 9.90 Å². The Morgan fingerprint density at radius 1 is 1.43 bits per heavy atom. The van der Waals surface area contributed by atoms with Gasteiger partial charge in [0.1, 0.15) is 0 Å². The van der Waals surface area contributed by atoms with Crippen LogP contribution < -0.4 is 0 Å². The monoisotopic (exact) mass is 201 g/mol. The van der Waals surface area contributed by atoms with Gasteiger partial charge in [0.25, 0.3) is 0 Å². The van der Waals surface area contributed by atoms with Gasteiger partial charge in [-0.05, 0) is 32.7 Å². The van der Waals surface area contributed by atoms with Crippen LogP contribution in [0.25, 0.3) is 0 Å². The third-order valence-electron chi connectivity index (χ3n) is 2.80. The van der Waals surface area contributed by atoms with Crippen LogP contribution >= 0.6 is 0 Å². The number of aliphatic carboxylic acids is 1. The minimum atomic E-state index is -0.749. The molecule has 1 heterocycles. The molecule has 0 amide bonds. The van der Waals surface area contributed by atoms with Gasteiger partial charge >= 0.3 is 5.97 Å². The van der Waals surface area contributed by atoms with Crippen molar-refractivity contribution in [3.63, 3.8) is 0 Å². The average molecular weight is 201 g/mol. The van der Waals surface area contributed by atoms with Crippen molar-refractivity contribution in [2.24, 2.45) is 0 Å². The quantitative estimate of drug-likeness (QED) is 0.705. The van der Waals surface area contributed by atoms with Gasteiger partial charge in [-0.3, -0.25) is 4.79 Å². The van der Waals surface area contributed by atoms with E-state index in [4.69, 9.17) is 5.11 Å². The SMILES string of the molecule is CC1(O)CCCN(CCC(=O)O)CC1. The van der Waals surface area contributed by atoms with Crippen LogP contribution in [-0.4, -0.2) is 46.3 Å². The van der Waals surface area contributed by atoms with Crippen LogP contribution in [0.2, 0.25) is 0 Å². The number of carboxylic acids is 1. The Kier molecular flexibility index (Phi) is 3.89. The molecule has 2 N–H and O–H groups in total. The highest BCUT2D eigenvalue weighted by Gasteiger charge is 2.24. The molecule has 1 aliphatic rings. The van der Waals surface area contributed by atoms with E-state index in [1.165, 1.54) is 0 Å². The summed E-state index contributed by atoms with van der Waals surface area (Å²) in [6.07, 6.45) is 2.71. The van der Waals surface area contributed by atoms with E-state index in [0.717, 1.165) is 32.4 Å². The van der Waals surface area contributed by atoms with Crippen LogP contribution in [-0.2, 0) is 4.79 Å². The third kappa shape index (κ3) is 4.07. The molecule has 4 nitrogen and oxygen atoms in total. The summed E-state index contributed by atoms with van der Waals surface area (Å²) >= 11 is 0. The summed E-state index contributed by atoms with van der Waals surface area (Å²) in [7, 11) is 0. The van der Waals surface area contributed by atoms with Crippen molar-refractivity contribution in [3.8, 4) is 0 Å². The molecule has 14 heavy (non-hydrogen) atoms. The molecule has 1 rings (SSSR count). The first-order chi connectivity index (χ1) is 6.49. The highest BCUT2D eigenvalue weighted by Crippen LogP contribution is 2.21. The first-order valence-electron chi connectivity index (χ1n) is 5.16. The van der Waals surface area contributed by atoms with Crippen molar-refractivity contribution in [3.05, 3.63) is 0 Å². The second kappa shape index (κ2) is 4.75. The Labute approximate surface area is 84.5 Å². The molecule has 82 valence electrons. The van der Waals surface area contributed by atoms with Gasteiger partial charge in [-0.25, -0.2) is 0 Å². The molecule has 0 bridgehead atoms. The molecular weight excluding hydrogens is 182 g/mol. The van der Waals surface area contributed by atoms with Gasteiger partial charge in [0, 0.05) is 13.1 Å². The zero-order valence-corrected chi connectivity index (χ0v) is 8.70. The van der Waals surface area contributed by atoms with Gasteiger partial charge in [-0.15, -0.1) is 0 Å². The average Bonchev–Trinajstić information content (AvgIpc) is 2.23. The van der Waals surface area contributed by atoms with Gasteiger partial charge in [0.15, 0.2) is 0 Å². The van der Waals surface area contributed by atoms with E-state index in [2.05, 4.69) is 4.90 Å². The number of rotatable bonds is 3. The lowest BCUT2D eigenvalue weighted by molar-refractivity contribution is -0.137. The predicted molar refractivity (Wildman–Crippen MR) is 53.2 cm³/mol. The van der Waals surface area contributed by atoms with Crippen molar-refractivity contribution in [1.29, 1.82) is 0 Å². The largest absolute Gasteiger partial charge is 0.481 e. The van der Waals surface area contributed by atoms with E-state index >= 15 is 0 Å². The maximum atomic E-state index is 10.4. The number of nitrogens with zero attached hydrogens (tertiary/aromatic N) is 1. The van der Waals surface area contributed by atoms with E-state index in [1.54, 1.807) is 0 Å². The van der Waals surface area contributed by atoms with Gasteiger partial charge in [-0.1, -0.05) is 0 Å². The number of carbonyl (C=O) groups is 1. The van der Waals surface area contributed by atoms with Crippen molar-refractivity contribution < 1.29 is 15.0 Å². The van der Waals surface area contributed by atoms with Crippen LogP contribution in [0.5, 0.6) is 0 Å².